The Morgan fingerprint density at radius 3 is 2.68 bits per heavy atom. The number of nitrogen functional groups attached to an aromatic ring is 1. The number of rotatable bonds is 3. The lowest BCUT2D eigenvalue weighted by molar-refractivity contribution is 0.0698. The van der Waals surface area contributed by atoms with Crippen LogP contribution in [-0.4, -0.2) is 33.8 Å². The van der Waals surface area contributed by atoms with E-state index in [1.54, 1.807) is 18.3 Å². The largest absolute Gasteiger partial charge is 0.478 e. The lowest BCUT2D eigenvalue weighted by Gasteiger charge is -2.05. The Morgan fingerprint density at radius 2 is 2.11 bits per heavy atom. The standard InChI is InChI=1S/C12H12N4O3/c1-14-11(17)10-4-5-16(15-10)7-2-3-8(12(18)19)9(13)6-7/h2-6H,13H2,1H3,(H,14,17)(H,18,19). The Morgan fingerprint density at radius 1 is 1.37 bits per heavy atom. The molecule has 0 aliphatic carbocycles. The molecule has 19 heavy (non-hydrogen) atoms. The van der Waals surface area contributed by atoms with Crippen molar-refractivity contribution < 1.29 is 14.7 Å². The first kappa shape index (κ1) is 12.6. The van der Waals surface area contributed by atoms with Crippen LogP contribution in [0.4, 0.5) is 5.69 Å². The maximum atomic E-state index is 11.4. The molecule has 0 unspecified atom stereocenters. The minimum absolute atomic E-state index is 0.0300. The van der Waals surface area contributed by atoms with Gasteiger partial charge in [0.15, 0.2) is 5.69 Å². The molecule has 7 heteroatoms. The molecule has 1 aromatic heterocycles. The fourth-order valence-electron chi connectivity index (χ4n) is 1.60. The number of aromatic carboxylic acids is 1. The number of carboxylic acid groups (broad SMARTS) is 1. The summed E-state index contributed by atoms with van der Waals surface area (Å²) in [6.45, 7) is 0. The van der Waals surface area contributed by atoms with Crippen molar-refractivity contribution in [2.45, 2.75) is 0 Å². The fourth-order valence-corrected chi connectivity index (χ4v) is 1.60. The number of nitrogens with zero attached hydrogens (tertiary/aromatic N) is 2. The topological polar surface area (TPSA) is 110 Å². The van der Waals surface area contributed by atoms with Crippen molar-refractivity contribution in [1.82, 2.24) is 15.1 Å². The number of carboxylic acids is 1. The van der Waals surface area contributed by atoms with E-state index in [0.29, 0.717) is 5.69 Å². The molecule has 0 fully saturated rings. The third-order valence-corrected chi connectivity index (χ3v) is 2.58. The number of carbonyl (C=O) groups is 2. The summed E-state index contributed by atoms with van der Waals surface area (Å²) >= 11 is 0. The maximum absolute atomic E-state index is 11.4. The van der Waals surface area contributed by atoms with Crippen LogP contribution in [0.15, 0.2) is 30.5 Å². The predicted molar refractivity (Wildman–Crippen MR) is 68.3 cm³/mol. The van der Waals surface area contributed by atoms with Crippen LogP contribution >= 0.6 is 0 Å². The van der Waals surface area contributed by atoms with Gasteiger partial charge in [0.05, 0.1) is 11.3 Å². The minimum atomic E-state index is -1.09. The molecule has 2 aromatic rings. The van der Waals surface area contributed by atoms with Crippen LogP contribution in [0.2, 0.25) is 0 Å². The summed E-state index contributed by atoms with van der Waals surface area (Å²) in [7, 11) is 1.51. The van der Waals surface area contributed by atoms with Gasteiger partial charge in [0.25, 0.3) is 5.91 Å². The Bertz CT molecular complexity index is 648. The van der Waals surface area contributed by atoms with E-state index in [-0.39, 0.29) is 22.9 Å². The lowest BCUT2D eigenvalue weighted by atomic mass is 10.1. The van der Waals surface area contributed by atoms with E-state index in [0.717, 1.165) is 0 Å². The molecule has 0 atom stereocenters. The molecule has 0 bridgehead atoms. The number of amides is 1. The van der Waals surface area contributed by atoms with Gasteiger partial charge in [0, 0.05) is 18.9 Å². The van der Waals surface area contributed by atoms with Crippen LogP contribution in [0.25, 0.3) is 5.69 Å². The lowest BCUT2D eigenvalue weighted by Crippen LogP contribution is -2.18. The SMILES string of the molecule is CNC(=O)c1ccn(-c2ccc(C(=O)O)c(N)c2)n1. The van der Waals surface area contributed by atoms with Crippen molar-refractivity contribution in [2.24, 2.45) is 0 Å². The van der Waals surface area contributed by atoms with Crippen molar-refractivity contribution in [3.63, 3.8) is 0 Å². The van der Waals surface area contributed by atoms with Crippen LogP contribution in [-0.2, 0) is 0 Å². The molecule has 7 nitrogen and oxygen atoms in total. The second kappa shape index (κ2) is 4.81. The summed E-state index contributed by atoms with van der Waals surface area (Å²) in [6, 6.07) is 6.01. The second-order valence-corrected chi connectivity index (χ2v) is 3.80. The molecule has 98 valence electrons. The van der Waals surface area contributed by atoms with Gasteiger partial charge in [-0.15, -0.1) is 0 Å². The van der Waals surface area contributed by atoms with Gasteiger partial charge in [-0.05, 0) is 24.3 Å². The molecule has 1 amide bonds. The third kappa shape index (κ3) is 2.39. The van der Waals surface area contributed by atoms with E-state index >= 15 is 0 Å². The van der Waals surface area contributed by atoms with Crippen molar-refractivity contribution >= 4 is 17.6 Å². The van der Waals surface area contributed by atoms with Gasteiger partial charge in [-0.2, -0.15) is 5.10 Å². The Labute approximate surface area is 108 Å². The Kier molecular flexibility index (Phi) is 3.19. The van der Waals surface area contributed by atoms with Crippen LogP contribution in [0.5, 0.6) is 0 Å². The van der Waals surface area contributed by atoms with Gasteiger partial charge in [0.1, 0.15) is 0 Å². The number of nitrogens with one attached hydrogen (secondary N) is 1. The zero-order chi connectivity index (χ0) is 14.0. The molecule has 0 saturated carbocycles. The number of hydrogen-bond acceptors (Lipinski definition) is 4. The van der Waals surface area contributed by atoms with Crippen molar-refractivity contribution in [2.75, 3.05) is 12.8 Å². The van der Waals surface area contributed by atoms with E-state index in [1.165, 1.54) is 23.9 Å². The number of hydrogen-bond donors (Lipinski definition) is 3. The number of carbonyl (C=O) groups excluding carboxylic acids is 1. The fraction of sp³-hybridized carbons (Fsp3) is 0.0833. The first-order valence-corrected chi connectivity index (χ1v) is 5.44. The zero-order valence-electron chi connectivity index (χ0n) is 10.1. The first-order chi connectivity index (χ1) is 9.02. The van der Waals surface area contributed by atoms with Crippen molar-refractivity contribution in [1.29, 1.82) is 0 Å². The van der Waals surface area contributed by atoms with Crippen molar-refractivity contribution in [3.8, 4) is 5.69 Å². The van der Waals surface area contributed by atoms with E-state index < -0.39 is 5.97 Å². The zero-order valence-corrected chi connectivity index (χ0v) is 10.1. The quantitative estimate of drug-likeness (QED) is 0.696. The Hall–Kier alpha value is -2.83. The normalized spacial score (nSPS) is 10.2. The predicted octanol–water partition coefficient (Wildman–Crippen LogP) is 0.512. The molecule has 2 rings (SSSR count). The smallest absolute Gasteiger partial charge is 0.337 e. The highest BCUT2D eigenvalue weighted by Gasteiger charge is 2.11. The Balaban J connectivity index is 2.37. The molecule has 0 spiro atoms. The van der Waals surface area contributed by atoms with Crippen LogP contribution in [0.3, 0.4) is 0 Å². The minimum Gasteiger partial charge on any atom is -0.478 e. The molecular weight excluding hydrogens is 248 g/mol. The molecule has 0 radical (unpaired) electrons. The maximum Gasteiger partial charge on any atom is 0.337 e. The molecule has 0 saturated heterocycles. The summed E-state index contributed by atoms with van der Waals surface area (Å²) in [5.74, 6) is -1.38. The van der Waals surface area contributed by atoms with Gasteiger partial charge in [0.2, 0.25) is 0 Å². The highest BCUT2D eigenvalue weighted by atomic mass is 16.4. The van der Waals surface area contributed by atoms with Gasteiger partial charge in [-0.1, -0.05) is 0 Å². The van der Waals surface area contributed by atoms with Crippen molar-refractivity contribution in [3.05, 3.63) is 41.7 Å². The molecular formula is C12H12N4O3. The van der Waals surface area contributed by atoms with E-state index in [4.69, 9.17) is 10.8 Å². The third-order valence-electron chi connectivity index (χ3n) is 2.58. The number of aromatic nitrogens is 2. The average Bonchev–Trinajstić information content (AvgIpc) is 2.86. The van der Waals surface area contributed by atoms with E-state index in [2.05, 4.69) is 10.4 Å². The van der Waals surface area contributed by atoms with Gasteiger partial charge < -0.3 is 16.2 Å². The summed E-state index contributed by atoms with van der Waals surface area (Å²) < 4.78 is 1.45. The summed E-state index contributed by atoms with van der Waals surface area (Å²) in [6.07, 6.45) is 1.60. The molecule has 1 aromatic carbocycles. The van der Waals surface area contributed by atoms with Crippen LogP contribution in [0, 0.1) is 0 Å². The highest BCUT2D eigenvalue weighted by molar-refractivity contribution is 5.94. The second-order valence-electron chi connectivity index (χ2n) is 3.80. The van der Waals surface area contributed by atoms with Gasteiger partial charge in [-0.3, -0.25) is 4.79 Å². The van der Waals surface area contributed by atoms with E-state index in [9.17, 15) is 9.59 Å². The average molecular weight is 260 g/mol. The van der Waals surface area contributed by atoms with Gasteiger partial charge >= 0.3 is 5.97 Å². The molecule has 0 aliphatic heterocycles. The molecule has 1 heterocycles. The van der Waals surface area contributed by atoms with Crippen LogP contribution < -0.4 is 11.1 Å². The first-order valence-electron chi connectivity index (χ1n) is 5.44. The van der Waals surface area contributed by atoms with E-state index in [1.807, 2.05) is 0 Å². The number of anilines is 1. The summed E-state index contributed by atoms with van der Waals surface area (Å²) in [5, 5.41) is 15.4. The number of nitrogens with two attached hydrogens (primary N) is 1. The monoisotopic (exact) mass is 260 g/mol. The summed E-state index contributed by atoms with van der Waals surface area (Å²) in [4.78, 5) is 22.2. The van der Waals surface area contributed by atoms with Crippen LogP contribution in [0.1, 0.15) is 20.8 Å². The number of benzene rings is 1. The molecule has 4 N–H and O–H groups in total. The van der Waals surface area contributed by atoms with Gasteiger partial charge in [-0.25, -0.2) is 9.48 Å². The summed E-state index contributed by atoms with van der Waals surface area (Å²) in [5.41, 5.74) is 6.67. The molecule has 0 aliphatic rings. The highest BCUT2D eigenvalue weighted by Crippen LogP contribution is 2.17.